The monoisotopic (exact) mass is 272 g/mol. The van der Waals surface area contributed by atoms with E-state index in [0.29, 0.717) is 30.0 Å². The van der Waals surface area contributed by atoms with Gasteiger partial charge in [-0.2, -0.15) is 0 Å². The lowest BCUT2D eigenvalue weighted by molar-refractivity contribution is -0.133. The molecule has 0 bridgehead atoms. The van der Waals surface area contributed by atoms with E-state index >= 15 is 0 Å². The largest absolute Gasteiger partial charge is 0.392 e. The molecule has 0 aromatic heterocycles. The molecular formula is C13H24N2O2S. The van der Waals surface area contributed by atoms with Crippen molar-refractivity contribution < 1.29 is 9.53 Å². The van der Waals surface area contributed by atoms with Gasteiger partial charge in [0.2, 0.25) is 5.91 Å². The van der Waals surface area contributed by atoms with Gasteiger partial charge in [0.05, 0.1) is 17.6 Å². The summed E-state index contributed by atoms with van der Waals surface area (Å²) >= 11 is 4.88. The molecule has 0 saturated heterocycles. The average Bonchev–Trinajstić information content (AvgIpc) is 2.25. The van der Waals surface area contributed by atoms with E-state index in [1.807, 2.05) is 13.8 Å². The van der Waals surface area contributed by atoms with Gasteiger partial charge in [0.15, 0.2) is 0 Å². The van der Waals surface area contributed by atoms with Gasteiger partial charge in [-0.3, -0.25) is 4.79 Å². The number of amides is 1. The zero-order chi connectivity index (χ0) is 13.5. The molecule has 1 fully saturated rings. The Kier molecular flexibility index (Phi) is 6.57. The lowest BCUT2D eigenvalue weighted by atomic mass is 9.79. The highest BCUT2D eigenvalue weighted by Crippen LogP contribution is 2.33. The van der Waals surface area contributed by atoms with E-state index in [-0.39, 0.29) is 5.91 Å². The van der Waals surface area contributed by atoms with Crippen molar-refractivity contribution in [2.75, 3.05) is 19.7 Å². The minimum atomic E-state index is 0.171. The lowest BCUT2D eigenvalue weighted by Crippen LogP contribution is -2.41. The first-order chi connectivity index (χ1) is 8.56. The summed E-state index contributed by atoms with van der Waals surface area (Å²) in [7, 11) is 0. The van der Waals surface area contributed by atoms with Crippen LogP contribution in [-0.2, 0) is 9.53 Å². The van der Waals surface area contributed by atoms with Crippen LogP contribution >= 0.6 is 12.2 Å². The van der Waals surface area contributed by atoms with Gasteiger partial charge < -0.3 is 15.4 Å². The van der Waals surface area contributed by atoms with Gasteiger partial charge in [0.1, 0.15) is 0 Å². The fraction of sp³-hybridized carbons (Fsp3) is 0.846. The lowest BCUT2D eigenvalue weighted by Gasteiger charge is -2.35. The molecule has 1 rings (SSSR count). The number of carbonyl (C=O) groups is 1. The second-order valence-corrected chi connectivity index (χ2v) is 5.42. The number of rotatable bonds is 8. The Labute approximate surface area is 115 Å². The molecule has 0 atom stereocenters. The van der Waals surface area contributed by atoms with Crippen molar-refractivity contribution in [2.45, 2.75) is 45.6 Å². The molecule has 0 aromatic carbocycles. The highest BCUT2D eigenvalue weighted by atomic mass is 32.1. The predicted molar refractivity (Wildman–Crippen MR) is 76.4 cm³/mol. The first-order valence-corrected chi connectivity index (χ1v) is 7.15. The Morgan fingerprint density at radius 2 is 2.11 bits per heavy atom. The van der Waals surface area contributed by atoms with Crippen LogP contribution in [-0.4, -0.2) is 41.6 Å². The van der Waals surface area contributed by atoms with Gasteiger partial charge in [-0.25, -0.2) is 0 Å². The summed E-state index contributed by atoms with van der Waals surface area (Å²) in [6, 6.07) is 0. The number of hydrogen-bond acceptors (Lipinski definition) is 3. The van der Waals surface area contributed by atoms with Crippen molar-refractivity contribution in [3.05, 3.63) is 0 Å². The van der Waals surface area contributed by atoms with Crippen molar-refractivity contribution in [2.24, 2.45) is 11.7 Å². The number of hydrogen-bond donors (Lipinski definition) is 1. The third-order valence-corrected chi connectivity index (χ3v) is 3.38. The molecule has 0 radical (unpaired) electrons. The Hall–Kier alpha value is -0.680. The fourth-order valence-electron chi connectivity index (χ4n) is 2.34. The summed E-state index contributed by atoms with van der Waals surface area (Å²) in [5, 5.41) is 0. The molecule has 1 amide bonds. The van der Waals surface area contributed by atoms with Crippen LogP contribution in [0, 0.1) is 5.92 Å². The van der Waals surface area contributed by atoms with Gasteiger partial charge in [0.25, 0.3) is 0 Å². The van der Waals surface area contributed by atoms with E-state index in [2.05, 4.69) is 0 Å². The van der Waals surface area contributed by atoms with Crippen molar-refractivity contribution in [1.29, 1.82) is 0 Å². The second-order valence-electron chi connectivity index (χ2n) is 4.90. The maximum Gasteiger partial charge on any atom is 0.223 e. The van der Waals surface area contributed by atoms with Crippen LogP contribution < -0.4 is 5.73 Å². The molecule has 0 spiro atoms. The van der Waals surface area contributed by atoms with Crippen LogP contribution in [0.4, 0.5) is 0 Å². The Morgan fingerprint density at radius 3 is 2.61 bits per heavy atom. The molecule has 1 aliphatic rings. The molecule has 0 aliphatic heterocycles. The molecule has 1 saturated carbocycles. The SMILES string of the molecule is CCCN(CC(N)=S)C(=O)CC1CC(OCC)C1. The molecular weight excluding hydrogens is 248 g/mol. The van der Waals surface area contributed by atoms with Crippen molar-refractivity contribution >= 4 is 23.1 Å². The zero-order valence-electron chi connectivity index (χ0n) is 11.4. The summed E-state index contributed by atoms with van der Waals surface area (Å²) in [6.45, 7) is 5.95. The Bertz CT molecular complexity index is 291. The molecule has 2 N–H and O–H groups in total. The van der Waals surface area contributed by atoms with Gasteiger partial charge in [-0.15, -0.1) is 0 Å². The van der Waals surface area contributed by atoms with Gasteiger partial charge in [-0.1, -0.05) is 19.1 Å². The van der Waals surface area contributed by atoms with Crippen LogP contribution in [0.2, 0.25) is 0 Å². The van der Waals surface area contributed by atoms with E-state index in [4.69, 9.17) is 22.7 Å². The normalized spacial score (nSPS) is 22.3. The molecule has 5 heteroatoms. The van der Waals surface area contributed by atoms with Crippen molar-refractivity contribution in [1.82, 2.24) is 4.90 Å². The summed E-state index contributed by atoms with van der Waals surface area (Å²) < 4.78 is 5.50. The van der Waals surface area contributed by atoms with E-state index in [0.717, 1.165) is 32.4 Å². The maximum absolute atomic E-state index is 12.1. The Morgan fingerprint density at radius 1 is 1.44 bits per heavy atom. The number of nitrogens with zero attached hydrogens (tertiary/aromatic N) is 1. The first kappa shape index (κ1) is 15.4. The van der Waals surface area contributed by atoms with Crippen LogP contribution in [0.1, 0.15) is 39.5 Å². The maximum atomic E-state index is 12.1. The Balaban J connectivity index is 2.31. The summed E-state index contributed by atoms with van der Waals surface area (Å²) in [5.41, 5.74) is 5.52. The number of carbonyl (C=O) groups excluding carboxylic acids is 1. The minimum absolute atomic E-state index is 0.171. The van der Waals surface area contributed by atoms with E-state index in [9.17, 15) is 4.79 Å². The average molecular weight is 272 g/mol. The molecule has 4 nitrogen and oxygen atoms in total. The van der Waals surface area contributed by atoms with E-state index in [1.54, 1.807) is 4.90 Å². The smallest absolute Gasteiger partial charge is 0.223 e. The first-order valence-electron chi connectivity index (χ1n) is 6.74. The third kappa shape index (κ3) is 4.90. The standard InChI is InChI=1S/C13H24N2O2S/c1-3-5-15(9-12(14)18)13(16)8-10-6-11(7-10)17-4-2/h10-11H,3-9H2,1-2H3,(H2,14,18). The second kappa shape index (κ2) is 7.69. The van der Waals surface area contributed by atoms with Gasteiger partial charge >= 0.3 is 0 Å². The van der Waals surface area contributed by atoms with Crippen LogP contribution in [0.15, 0.2) is 0 Å². The number of thiocarbonyl (C=S) groups is 1. The fourth-order valence-corrected chi connectivity index (χ4v) is 2.49. The molecule has 0 unspecified atom stereocenters. The molecule has 104 valence electrons. The summed E-state index contributed by atoms with van der Waals surface area (Å²) in [6.07, 6.45) is 3.91. The quantitative estimate of drug-likeness (QED) is 0.684. The van der Waals surface area contributed by atoms with E-state index in [1.165, 1.54) is 0 Å². The zero-order valence-corrected chi connectivity index (χ0v) is 12.2. The highest BCUT2D eigenvalue weighted by Gasteiger charge is 2.32. The summed E-state index contributed by atoms with van der Waals surface area (Å²) in [5.74, 6) is 0.643. The minimum Gasteiger partial charge on any atom is -0.392 e. The molecule has 0 heterocycles. The van der Waals surface area contributed by atoms with Crippen LogP contribution in [0.25, 0.3) is 0 Å². The van der Waals surface area contributed by atoms with Crippen molar-refractivity contribution in [3.63, 3.8) is 0 Å². The number of ether oxygens (including phenoxy) is 1. The van der Waals surface area contributed by atoms with E-state index < -0.39 is 0 Å². The predicted octanol–water partition coefficient (Wildman–Crippen LogP) is 1.72. The molecule has 18 heavy (non-hydrogen) atoms. The summed E-state index contributed by atoms with van der Waals surface area (Å²) in [4.78, 5) is 14.3. The third-order valence-electron chi connectivity index (χ3n) is 3.25. The van der Waals surface area contributed by atoms with Crippen molar-refractivity contribution in [3.8, 4) is 0 Å². The molecule has 0 aromatic rings. The van der Waals surface area contributed by atoms with Gasteiger partial charge in [-0.05, 0) is 32.1 Å². The van der Waals surface area contributed by atoms with Crippen LogP contribution in [0.3, 0.4) is 0 Å². The topological polar surface area (TPSA) is 55.6 Å². The molecule has 1 aliphatic carbocycles. The highest BCUT2D eigenvalue weighted by molar-refractivity contribution is 7.80. The van der Waals surface area contributed by atoms with Gasteiger partial charge in [0, 0.05) is 19.6 Å². The van der Waals surface area contributed by atoms with Crippen LogP contribution in [0.5, 0.6) is 0 Å². The number of nitrogens with two attached hydrogens (primary N) is 1.